The van der Waals surface area contributed by atoms with Crippen LogP contribution in [0.2, 0.25) is 0 Å². The summed E-state index contributed by atoms with van der Waals surface area (Å²) in [5.41, 5.74) is -0.00716. The van der Waals surface area contributed by atoms with E-state index in [1.54, 1.807) is 27.8 Å². The maximum absolute atomic E-state index is 14.9. The normalized spacial score (nSPS) is 38.8. The first-order valence-electron chi connectivity index (χ1n) is 20.1. The second-order valence-electron chi connectivity index (χ2n) is 20.5. The number of carbonyl (C=O) groups excluding carboxylic acids is 4. The molecule has 1 aromatic carbocycles. The molecule has 8 nitrogen and oxygen atoms in total. The molecule has 292 valence electrons. The molecule has 1 amide bonds. The Hall–Kier alpha value is -3.16. The predicted octanol–water partition coefficient (Wildman–Crippen LogP) is 9.49. The van der Waals surface area contributed by atoms with E-state index in [9.17, 15) is 19.2 Å². The van der Waals surface area contributed by atoms with Crippen molar-refractivity contribution in [2.24, 2.45) is 50.2 Å². The van der Waals surface area contributed by atoms with Gasteiger partial charge in [0.05, 0.1) is 5.41 Å². The third-order valence-electron chi connectivity index (χ3n) is 15.6. The fourth-order valence-corrected chi connectivity index (χ4v) is 12.2. The van der Waals surface area contributed by atoms with Crippen LogP contribution in [0.4, 0.5) is 4.79 Å². The zero-order chi connectivity index (χ0) is 39.0. The summed E-state index contributed by atoms with van der Waals surface area (Å²) in [4.78, 5) is 55.7. The number of nitrogens with zero attached hydrogens (tertiary/aromatic N) is 1. The number of fused-ring (bicyclic) bond motifs is 7. The smallest absolute Gasteiger partial charge is 0.410 e. The van der Waals surface area contributed by atoms with Gasteiger partial charge in [0, 0.05) is 18.4 Å². The summed E-state index contributed by atoms with van der Waals surface area (Å²) >= 11 is 0. The molecule has 8 heteroatoms. The van der Waals surface area contributed by atoms with Crippen LogP contribution in [0.25, 0.3) is 0 Å². The number of rotatable bonds is 6. The van der Waals surface area contributed by atoms with Crippen molar-refractivity contribution in [1.82, 2.24) is 4.90 Å². The molecular formula is C45H65NO7. The van der Waals surface area contributed by atoms with E-state index < -0.39 is 23.1 Å². The molecule has 6 rings (SSSR count). The highest BCUT2D eigenvalue weighted by atomic mass is 16.6. The molecule has 0 spiro atoms. The Bertz CT molecular complexity index is 1660. The molecule has 4 fully saturated rings. The van der Waals surface area contributed by atoms with Gasteiger partial charge >= 0.3 is 18.0 Å². The summed E-state index contributed by atoms with van der Waals surface area (Å²) in [6, 6.07) is 9.86. The molecule has 1 aromatic rings. The van der Waals surface area contributed by atoms with Crippen LogP contribution in [0.3, 0.4) is 0 Å². The van der Waals surface area contributed by atoms with Crippen molar-refractivity contribution in [3.63, 3.8) is 0 Å². The monoisotopic (exact) mass is 731 g/mol. The minimum atomic E-state index is -0.658. The van der Waals surface area contributed by atoms with Crippen LogP contribution >= 0.6 is 0 Å². The largest absolute Gasteiger partial charge is 0.460 e. The van der Waals surface area contributed by atoms with Crippen LogP contribution in [0.5, 0.6) is 0 Å². The van der Waals surface area contributed by atoms with Gasteiger partial charge in [-0.2, -0.15) is 0 Å². The first kappa shape index (κ1) is 39.5. The molecule has 0 N–H and O–H groups in total. The standard InChI is InChI=1S/C45H65NO7/c1-39(2,3)53-38(50)46(11)27-35(48)52-34-18-19-43(8)33(40(34,4)5)17-20-45(10)36(43)32(47)25-30-31-26-42(7,22-21-41(31,6)23-24-44(30,45)9)37(49)51-28-29-15-13-12-14-16-29/h12-16,25,31,33-34,36H,17-24,26-28H2,1-11H3/t31-,33-,34-,36+,41+,42-,43-,44+,45+/m0/s1. The second-order valence-corrected chi connectivity index (χ2v) is 20.5. The van der Waals surface area contributed by atoms with E-state index in [2.05, 4.69) is 54.5 Å². The number of benzene rings is 1. The molecule has 0 radical (unpaired) electrons. The number of ketones is 1. The van der Waals surface area contributed by atoms with Gasteiger partial charge in [-0.3, -0.25) is 14.4 Å². The zero-order valence-electron chi connectivity index (χ0n) is 34.4. The lowest BCUT2D eigenvalue weighted by molar-refractivity contribution is -0.211. The summed E-state index contributed by atoms with van der Waals surface area (Å²) in [7, 11) is 1.55. The Morgan fingerprint density at radius 1 is 0.868 bits per heavy atom. The van der Waals surface area contributed by atoms with Crippen molar-refractivity contribution in [2.75, 3.05) is 13.6 Å². The van der Waals surface area contributed by atoms with Gasteiger partial charge in [0.1, 0.15) is 24.9 Å². The summed E-state index contributed by atoms with van der Waals surface area (Å²) in [5.74, 6) is -0.166. The number of esters is 2. The Labute approximate surface area is 318 Å². The topological polar surface area (TPSA) is 99.2 Å². The first-order valence-corrected chi connectivity index (χ1v) is 20.1. The average molecular weight is 732 g/mol. The van der Waals surface area contributed by atoms with E-state index in [1.165, 1.54) is 10.5 Å². The average Bonchev–Trinajstić information content (AvgIpc) is 3.06. The summed E-state index contributed by atoms with van der Waals surface area (Å²) in [6.07, 6.45) is 9.06. The lowest BCUT2D eigenvalue weighted by Crippen LogP contribution is -2.66. The summed E-state index contributed by atoms with van der Waals surface area (Å²) < 4.78 is 17.6. The van der Waals surface area contributed by atoms with Crippen LogP contribution in [0, 0.1) is 50.2 Å². The Morgan fingerprint density at radius 3 is 2.19 bits per heavy atom. The minimum absolute atomic E-state index is 0.0383. The molecule has 53 heavy (non-hydrogen) atoms. The molecule has 4 saturated carbocycles. The maximum Gasteiger partial charge on any atom is 0.410 e. The molecule has 0 saturated heterocycles. The number of allylic oxidation sites excluding steroid dienone is 2. The third kappa shape index (κ3) is 6.66. The van der Waals surface area contributed by atoms with Crippen LogP contribution in [-0.2, 0) is 35.2 Å². The van der Waals surface area contributed by atoms with E-state index >= 15 is 0 Å². The fourth-order valence-electron chi connectivity index (χ4n) is 12.2. The fraction of sp³-hybridized carbons (Fsp3) is 0.733. The van der Waals surface area contributed by atoms with E-state index in [1.807, 2.05) is 30.3 Å². The van der Waals surface area contributed by atoms with Gasteiger partial charge in [-0.25, -0.2) is 4.79 Å². The number of hydrogen-bond acceptors (Lipinski definition) is 7. The van der Waals surface area contributed by atoms with Gasteiger partial charge in [0.15, 0.2) is 5.78 Å². The second kappa shape index (κ2) is 13.3. The first-order chi connectivity index (χ1) is 24.5. The lowest BCUT2D eigenvalue weighted by Gasteiger charge is -2.70. The van der Waals surface area contributed by atoms with Crippen LogP contribution in [-0.4, -0.2) is 54.0 Å². The highest BCUT2D eigenvalue weighted by molar-refractivity contribution is 5.95. The number of hydrogen-bond donors (Lipinski definition) is 0. The van der Waals surface area contributed by atoms with Crippen molar-refractivity contribution in [2.45, 2.75) is 145 Å². The maximum atomic E-state index is 14.9. The molecule has 0 heterocycles. The van der Waals surface area contributed by atoms with Crippen LogP contribution in [0.1, 0.15) is 133 Å². The zero-order valence-corrected chi connectivity index (χ0v) is 34.4. The minimum Gasteiger partial charge on any atom is -0.460 e. The molecule has 5 aliphatic carbocycles. The SMILES string of the molecule is CN(CC(=O)O[C@H]1CC[C@]2(C)[C@H]3C(=O)C=C4[C@@H]5C[C@@](C)(C(=O)OCc6ccccc6)CC[C@]5(C)CC[C@@]4(C)[C@]3(C)CC[C@H]2C1(C)C)C(=O)OC(C)(C)C. The molecule has 0 aliphatic heterocycles. The van der Waals surface area contributed by atoms with Crippen LogP contribution in [0.15, 0.2) is 42.0 Å². The van der Waals surface area contributed by atoms with Gasteiger partial charge in [-0.15, -0.1) is 0 Å². The van der Waals surface area contributed by atoms with Crippen molar-refractivity contribution >= 4 is 23.8 Å². The quantitative estimate of drug-likeness (QED) is 0.212. The van der Waals surface area contributed by atoms with Gasteiger partial charge in [0.25, 0.3) is 0 Å². The van der Waals surface area contributed by atoms with Gasteiger partial charge in [-0.1, -0.05) is 77.4 Å². The predicted molar refractivity (Wildman–Crippen MR) is 204 cm³/mol. The highest BCUT2D eigenvalue weighted by Gasteiger charge is 2.70. The van der Waals surface area contributed by atoms with Crippen molar-refractivity contribution in [1.29, 1.82) is 0 Å². The Morgan fingerprint density at radius 2 is 1.53 bits per heavy atom. The highest BCUT2D eigenvalue weighted by Crippen LogP contribution is 2.75. The van der Waals surface area contributed by atoms with Gasteiger partial charge < -0.3 is 19.1 Å². The van der Waals surface area contributed by atoms with Crippen LogP contribution < -0.4 is 0 Å². The van der Waals surface area contributed by atoms with Gasteiger partial charge in [0.2, 0.25) is 0 Å². The van der Waals surface area contributed by atoms with E-state index in [-0.39, 0.29) is 75.8 Å². The van der Waals surface area contributed by atoms with E-state index in [4.69, 9.17) is 14.2 Å². The van der Waals surface area contributed by atoms with E-state index in [0.717, 1.165) is 50.5 Å². The third-order valence-corrected chi connectivity index (χ3v) is 15.6. The summed E-state index contributed by atoms with van der Waals surface area (Å²) in [5, 5.41) is 0. The molecule has 0 unspecified atom stereocenters. The Kier molecular flexibility index (Phi) is 9.88. The van der Waals surface area contributed by atoms with Crippen molar-refractivity contribution in [3.05, 3.63) is 47.5 Å². The number of carbonyl (C=O) groups is 4. The summed E-state index contributed by atoms with van der Waals surface area (Å²) in [6.45, 7) is 21.5. The molecular weight excluding hydrogens is 666 g/mol. The molecule has 0 aromatic heterocycles. The molecule has 9 atom stereocenters. The lowest BCUT2D eigenvalue weighted by atomic mass is 9.33. The molecule has 0 bridgehead atoms. The van der Waals surface area contributed by atoms with Crippen molar-refractivity contribution in [3.8, 4) is 0 Å². The number of ether oxygens (including phenoxy) is 3. The molecule has 5 aliphatic rings. The number of likely N-dealkylation sites (N-methyl/N-ethyl adjacent to an activating group) is 1. The Balaban J connectivity index is 1.22. The number of amides is 1. The van der Waals surface area contributed by atoms with Gasteiger partial charge in [-0.05, 0) is 131 Å². The van der Waals surface area contributed by atoms with Crippen molar-refractivity contribution < 1.29 is 33.4 Å². The van der Waals surface area contributed by atoms with E-state index in [0.29, 0.717) is 12.8 Å².